The highest BCUT2D eigenvalue weighted by Crippen LogP contribution is 2.15. The summed E-state index contributed by atoms with van der Waals surface area (Å²) in [6.07, 6.45) is 6.62. The van der Waals surface area contributed by atoms with Crippen LogP contribution < -0.4 is 4.74 Å². The van der Waals surface area contributed by atoms with Crippen molar-refractivity contribution in [2.45, 2.75) is 38.5 Å². The number of unbranched alkanes of at least 4 members (excludes halogenated alkanes) is 5. The molecule has 0 saturated heterocycles. The fraction of sp³-hybridized carbons (Fsp3) is 0.500. The number of nitrogens with zero attached hydrogens (tertiary/aromatic N) is 2. The molecule has 4 nitrogen and oxygen atoms in total. The van der Waals surface area contributed by atoms with E-state index in [0.717, 1.165) is 36.6 Å². The summed E-state index contributed by atoms with van der Waals surface area (Å²) in [4.78, 5) is 0. The number of benzene rings is 1. The highest BCUT2D eigenvalue weighted by atomic mass is 16.5. The average molecular weight is 274 g/mol. The molecule has 0 aliphatic heterocycles. The second kappa shape index (κ2) is 8.48. The number of aliphatic hydroxyl groups is 1. The van der Waals surface area contributed by atoms with Crippen molar-refractivity contribution in [1.82, 2.24) is 10.2 Å². The molecule has 0 unspecified atom stereocenters. The van der Waals surface area contributed by atoms with Gasteiger partial charge in [-0.2, -0.15) is 0 Å². The summed E-state index contributed by atoms with van der Waals surface area (Å²) in [6, 6.07) is 9.83. The maximum Gasteiger partial charge on any atom is 0.234 e. The maximum atomic E-state index is 8.68. The van der Waals surface area contributed by atoms with Crippen LogP contribution in [-0.4, -0.2) is 28.5 Å². The molecular weight excluding hydrogens is 252 g/mol. The molecule has 1 N–H and O–H groups in total. The zero-order valence-electron chi connectivity index (χ0n) is 11.8. The minimum Gasteiger partial charge on any atom is -0.477 e. The number of ether oxygens (including phenoxy) is 1. The summed E-state index contributed by atoms with van der Waals surface area (Å²) in [5, 5.41) is 17.9. The molecule has 0 fully saturated rings. The second-order valence-corrected chi connectivity index (χ2v) is 4.93. The molecule has 4 heteroatoms. The van der Waals surface area contributed by atoms with Gasteiger partial charge in [0.05, 0.1) is 12.1 Å². The first-order valence-corrected chi connectivity index (χ1v) is 7.36. The predicted molar refractivity (Wildman–Crippen MR) is 79.8 cm³/mol. The van der Waals surface area contributed by atoms with E-state index in [9.17, 15) is 0 Å². The molecule has 0 aliphatic rings. The molecule has 0 amide bonds. The number of rotatable bonds is 9. The molecule has 0 radical (unpaired) electrons. The van der Waals surface area contributed by atoms with Crippen LogP contribution in [0.1, 0.15) is 38.5 Å². The van der Waals surface area contributed by atoms with Gasteiger partial charge in [-0.3, -0.25) is 0 Å². The summed E-state index contributed by atoms with van der Waals surface area (Å²) in [6.45, 7) is 0.997. The Balaban J connectivity index is 1.65. The maximum absolute atomic E-state index is 8.68. The van der Waals surface area contributed by atoms with E-state index in [1.165, 1.54) is 12.8 Å². The largest absolute Gasteiger partial charge is 0.477 e. The topological polar surface area (TPSA) is 55.2 Å². The van der Waals surface area contributed by atoms with E-state index in [4.69, 9.17) is 9.84 Å². The van der Waals surface area contributed by atoms with Gasteiger partial charge in [0.2, 0.25) is 5.88 Å². The monoisotopic (exact) mass is 274 g/mol. The first kappa shape index (κ1) is 14.7. The van der Waals surface area contributed by atoms with Crippen LogP contribution in [0, 0.1) is 0 Å². The highest BCUT2D eigenvalue weighted by molar-refractivity contribution is 5.78. The van der Waals surface area contributed by atoms with Gasteiger partial charge in [0.1, 0.15) is 0 Å². The Kier molecular flexibility index (Phi) is 6.24. The van der Waals surface area contributed by atoms with E-state index in [0.29, 0.717) is 19.1 Å². The normalized spacial score (nSPS) is 10.8. The minimum atomic E-state index is 0.309. The van der Waals surface area contributed by atoms with Crippen molar-refractivity contribution in [2.24, 2.45) is 0 Å². The Morgan fingerprint density at radius 3 is 2.50 bits per heavy atom. The predicted octanol–water partition coefficient (Wildman–Crippen LogP) is 3.34. The molecule has 2 rings (SSSR count). The molecule has 0 aliphatic carbocycles. The quantitative estimate of drug-likeness (QED) is 0.712. The SMILES string of the molecule is OCCCCCCCCOc1cc2ccccc2nn1. The summed E-state index contributed by atoms with van der Waals surface area (Å²) in [5.41, 5.74) is 0.892. The van der Waals surface area contributed by atoms with Crippen molar-refractivity contribution >= 4 is 10.9 Å². The third-order valence-electron chi connectivity index (χ3n) is 3.27. The number of hydrogen-bond acceptors (Lipinski definition) is 4. The second-order valence-electron chi connectivity index (χ2n) is 4.93. The van der Waals surface area contributed by atoms with Gasteiger partial charge in [-0.15, -0.1) is 10.2 Å². The third-order valence-corrected chi connectivity index (χ3v) is 3.27. The van der Waals surface area contributed by atoms with E-state index in [1.54, 1.807) is 0 Å². The lowest BCUT2D eigenvalue weighted by Gasteiger charge is -2.05. The summed E-state index contributed by atoms with van der Waals surface area (Å²) >= 11 is 0. The number of aliphatic hydroxyl groups excluding tert-OH is 1. The molecule has 1 aromatic carbocycles. The first-order chi connectivity index (χ1) is 9.90. The van der Waals surface area contributed by atoms with Crippen LogP contribution in [-0.2, 0) is 0 Å². The van der Waals surface area contributed by atoms with E-state index < -0.39 is 0 Å². The molecule has 1 aromatic heterocycles. The van der Waals surface area contributed by atoms with Crippen LogP contribution in [0.15, 0.2) is 30.3 Å². The number of hydrogen-bond donors (Lipinski definition) is 1. The molecule has 2 aromatic rings. The molecule has 0 bridgehead atoms. The van der Waals surface area contributed by atoms with Crippen LogP contribution in [0.2, 0.25) is 0 Å². The van der Waals surface area contributed by atoms with Gasteiger partial charge in [0, 0.05) is 18.1 Å². The van der Waals surface area contributed by atoms with Gasteiger partial charge >= 0.3 is 0 Å². The molecule has 20 heavy (non-hydrogen) atoms. The van der Waals surface area contributed by atoms with E-state index in [2.05, 4.69) is 10.2 Å². The van der Waals surface area contributed by atoms with Crippen molar-refractivity contribution in [3.63, 3.8) is 0 Å². The molecule has 1 heterocycles. The average Bonchev–Trinajstić information content (AvgIpc) is 2.50. The van der Waals surface area contributed by atoms with Crippen molar-refractivity contribution in [3.05, 3.63) is 30.3 Å². The van der Waals surface area contributed by atoms with Gasteiger partial charge in [-0.1, -0.05) is 43.9 Å². The highest BCUT2D eigenvalue weighted by Gasteiger charge is 2.00. The Morgan fingerprint density at radius 2 is 1.65 bits per heavy atom. The molecule has 0 spiro atoms. The van der Waals surface area contributed by atoms with Crippen molar-refractivity contribution in [2.75, 3.05) is 13.2 Å². The van der Waals surface area contributed by atoms with Crippen molar-refractivity contribution < 1.29 is 9.84 Å². The molecule has 0 saturated carbocycles. The number of fused-ring (bicyclic) bond motifs is 1. The van der Waals surface area contributed by atoms with E-state index in [-0.39, 0.29) is 0 Å². The smallest absolute Gasteiger partial charge is 0.234 e. The molecule has 108 valence electrons. The van der Waals surface area contributed by atoms with Gasteiger partial charge in [-0.05, 0) is 18.9 Å². The van der Waals surface area contributed by atoms with Crippen LogP contribution in [0.5, 0.6) is 5.88 Å². The van der Waals surface area contributed by atoms with Crippen LogP contribution in [0.25, 0.3) is 10.9 Å². The van der Waals surface area contributed by atoms with Crippen molar-refractivity contribution in [3.8, 4) is 5.88 Å². The minimum absolute atomic E-state index is 0.309. The van der Waals surface area contributed by atoms with E-state index >= 15 is 0 Å². The van der Waals surface area contributed by atoms with Crippen molar-refractivity contribution in [1.29, 1.82) is 0 Å². The lowest BCUT2D eigenvalue weighted by molar-refractivity contribution is 0.278. The zero-order chi connectivity index (χ0) is 14.0. The molecule has 0 atom stereocenters. The summed E-state index contributed by atoms with van der Waals surface area (Å²) in [7, 11) is 0. The van der Waals surface area contributed by atoms with Crippen LogP contribution >= 0.6 is 0 Å². The van der Waals surface area contributed by atoms with Gasteiger partial charge in [0.25, 0.3) is 0 Å². The van der Waals surface area contributed by atoms with Gasteiger partial charge in [0.15, 0.2) is 0 Å². The van der Waals surface area contributed by atoms with Gasteiger partial charge < -0.3 is 9.84 Å². The van der Waals surface area contributed by atoms with Crippen LogP contribution in [0.3, 0.4) is 0 Å². The third kappa shape index (κ3) is 4.78. The standard InChI is InChI=1S/C16H22N2O2/c19-11-7-3-1-2-4-8-12-20-16-13-14-9-5-6-10-15(14)17-18-16/h5-6,9-10,13,19H,1-4,7-8,11-12H2. The number of aromatic nitrogens is 2. The fourth-order valence-electron chi connectivity index (χ4n) is 2.13. The first-order valence-electron chi connectivity index (χ1n) is 7.36. The molecular formula is C16H22N2O2. The Labute approximate surface area is 119 Å². The fourth-order valence-corrected chi connectivity index (χ4v) is 2.13. The lowest BCUT2D eigenvalue weighted by atomic mass is 10.1. The summed E-state index contributed by atoms with van der Waals surface area (Å²) in [5.74, 6) is 0.601. The lowest BCUT2D eigenvalue weighted by Crippen LogP contribution is -2.00. The summed E-state index contributed by atoms with van der Waals surface area (Å²) < 4.78 is 5.63. The van der Waals surface area contributed by atoms with E-state index in [1.807, 2.05) is 30.3 Å². The Bertz CT molecular complexity index is 517. The Morgan fingerprint density at radius 1 is 0.900 bits per heavy atom. The van der Waals surface area contributed by atoms with Gasteiger partial charge in [-0.25, -0.2) is 0 Å². The zero-order valence-corrected chi connectivity index (χ0v) is 11.8. The Hall–Kier alpha value is -1.68. The van der Waals surface area contributed by atoms with Crippen LogP contribution in [0.4, 0.5) is 0 Å².